The van der Waals surface area contributed by atoms with Crippen molar-refractivity contribution in [2.45, 2.75) is 12.6 Å². The first-order valence-corrected chi connectivity index (χ1v) is 4.81. The second kappa shape index (κ2) is 5.17. The van der Waals surface area contributed by atoms with Crippen molar-refractivity contribution in [2.24, 2.45) is 5.73 Å². The Kier molecular flexibility index (Phi) is 4.11. The molecule has 5 nitrogen and oxygen atoms in total. The molecular formula is C8H8ClF3N4O. The van der Waals surface area contributed by atoms with Gasteiger partial charge in [-0.2, -0.15) is 13.2 Å². The second-order valence-electron chi connectivity index (χ2n) is 3.04. The molecule has 3 N–H and O–H groups in total. The van der Waals surface area contributed by atoms with Crippen LogP contribution in [0.3, 0.4) is 0 Å². The summed E-state index contributed by atoms with van der Waals surface area (Å²) in [5.41, 5.74) is 4.87. The van der Waals surface area contributed by atoms with Crippen LogP contribution >= 0.6 is 11.6 Å². The fourth-order valence-electron chi connectivity index (χ4n) is 0.949. The molecule has 0 aromatic carbocycles. The molecule has 0 aliphatic rings. The number of aromatic nitrogens is 2. The van der Waals surface area contributed by atoms with Crippen LogP contribution < -0.4 is 11.1 Å². The lowest BCUT2D eigenvalue weighted by Gasteiger charge is -2.08. The summed E-state index contributed by atoms with van der Waals surface area (Å²) >= 11 is 5.41. The van der Waals surface area contributed by atoms with Crippen LogP contribution in [0.1, 0.15) is 12.2 Å². The number of nitrogens with zero attached hydrogens (tertiary/aromatic N) is 2. The van der Waals surface area contributed by atoms with Gasteiger partial charge in [0.2, 0.25) is 11.7 Å². The minimum Gasteiger partial charge on any atom is -0.370 e. The number of hydrogen-bond acceptors (Lipinski definition) is 4. The van der Waals surface area contributed by atoms with Gasteiger partial charge in [-0.1, -0.05) is 11.6 Å². The number of anilines is 1. The van der Waals surface area contributed by atoms with Gasteiger partial charge >= 0.3 is 6.18 Å². The largest absolute Gasteiger partial charge is 0.451 e. The molecule has 94 valence electrons. The minimum absolute atomic E-state index is 0.0248. The average molecular weight is 269 g/mol. The lowest BCUT2D eigenvalue weighted by atomic mass is 10.4. The van der Waals surface area contributed by atoms with Crippen LogP contribution in [0.5, 0.6) is 0 Å². The third-order valence-electron chi connectivity index (χ3n) is 1.63. The van der Waals surface area contributed by atoms with Gasteiger partial charge in [0.25, 0.3) is 0 Å². The maximum Gasteiger partial charge on any atom is 0.451 e. The van der Waals surface area contributed by atoms with Gasteiger partial charge in [-0.3, -0.25) is 4.79 Å². The van der Waals surface area contributed by atoms with E-state index in [1.807, 2.05) is 0 Å². The Morgan fingerprint density at radius 2 is 2.12 bits per heavy atom. The van der Waals surface area contributed by atoms with Crippen molar-refractivity contribution in [3.63, 3.8) is 0 Å². The van der Waals surface area contributed by atoms with Gasteiger partial charge in [0, 0.05) is 19.0 Å². The second-order valence-corrected chi connectivity index (χ2v) is 3.43. The normalized spacial score (nSPS) is 11.3. The van der Waals surface area contributed by atoms with Gasteiger partial charge in [-0.05, 0) is 0 Å². The van der Waals surface area contributed by atoms with Crippen molar-refractivity contribution < 1.29 is 18.0 Å². The van der Waals surface area contributed by atoms with E-state index in [9.17, 15) is 18.0 Å². The summed E-state index contributed by atoms with van der Waals surface area (Å²) in [5.74, 6) is -2.03. The van der Waals surface area contributed by atoms with E-state index in [-0.39, 0.29) is 23.9 Å². The fourth-order valence-corrected chi connectivity index (χ4v) is 1.13. The molecule has 0 aliphatic carbocycles. The predicted octanol–water partition coefficient (Wildman–Crippen LogP) is 1.44. The van der Waals surface area contributed by atoms with E-state index in [4.69, 9.17) is 17.3 Å². The predicted molar refractivity (Wildman–Crippen MR) is 54.3 cm³/mol. The molecule has 0 fully saturated rings. The average Bonchev–Trinajstić information content (AvgIpc) is 2.14. The summed E-state index contributed by atoms with van der Waals surface area (Å²) in [4.78, 5) is 16.7. The molecule has 0 saturated heterocycles. The Balaban J connectivity index is 2.79. The van der Waals surface area contributed by atoms with Crippen LogP contribution in [0, 0.1) is 0 Å². The summed E-state index contributed by atoms with van der Waals surface area (Å²) in [6.45, 7) is 0.0694. The van der Waals surface area contributed by atoms with Gasteiger partial charge < -0.3 is 11.1 Å². The van der Waals surface area contributed by atoms with E-state index in [2.05, 4.69) is 15.3 Å². The molecule has 0 saturated carbocycles. The van der Waals surface area contributed by atoms with Crippen molar-refractivity contribution in [2.75, 3.05) is 11.9 Å². The third-order valence-corrected chi connectivity index (χ3v) is 1.82. The van der Waals surface area contributed by atoms with Gasteiger partial charge in [0.1, 0.15) is 11.0 Å². The molecule has 0 radical (unpaired) electrons. The number of rotatable bonds is 4. The molecule has 0 atom stereocenters. The SMILES string of the molecule is NC(=O)CCNc1cc(Cl)nc(C(F)(F)F)n1. The number of alkyl halides is 3. The molecule has 9 heteroatoms. The molecule has 1 rings (SSSR count). The van der Waals surface area contributed by atoms with Crippen molar-refractivity contribution in [3.05, 3.63) is 17.0 Å². The van der Waals surface area contributed by atoms with Gasteiger partial charge in [0.15, 0.2) is 0 Å². The highest BCUT2D eigenvalue weighted by molar-refractivity contribution is 6.29. The molecule has 1 amide bonds. The zero-order valence-corrected chi connectivity index (χ0v) is 9.14. The maximum atomic E-state index is 12.3. The summed E-state index contributed by atoms with van der Waals surface area (Å²) in [5, 5.41) is 2.15. The first kappa shape index (κ1) is 13.5. The van der Waals surface area contributed by atoms with E-state index in [1.54, 1.807) is 0 Å². The molecule has 1 heterocycles. The topological polar surface area (TPSA) is 80.9 Å². The Hall–Kier alpha value is -1.57. The van der Waals surface area contributed by atoms with E-state index in [1.165, 1.54) is 0 Å². The molecule has 1 aromatic heterocycles. The highest BCUT2D eigenvalue weighted by Crippen LogP contribution is 2.28. The number of primary amides is 1. The third kappa shape index (κ3) is 4.43. The molecule has 0 aliphatic heterocycles. The number of amides is 1. The number of carbonyl (C=O) groups excluding carboxylic acids is 1. The molecule has 0 spiro atoms. The van der Waals surface area contributed by atoms with E-state index in [0.717, 1.165) is 6.07 Å². The molecule has 0 bridgehead atoms. The van der Waals surface area contributed by atoms with Crippen molar-refractivity contribution in [1.29, 1.82) is 0 Å². The van der Waals surface area contributed by atoms with Crippen LogP contribution in [0.4, 0.5) is 19.0 Å². The van der Waals surface area contributed by atoms with Crippen LogP contribution in [-0.2, 0) is 11.0 Å². The number of hydrogen-bond donors (Lipinski definition) is 2. The molecule has 1 aromatic rings. The number of halogens is 4. The zero-order chi connectivity index (χ0) is 13.1. The number of nitrogens with two attached hydrogens (primary N) is 1. The van der Waals surface area contributed by atoms with Crippen molar-refractivity contribution >= 4 is 23.3 Å². The molecule has 17 heavy (non-hydrogen) atoms. The van der Waals surface area contributed by atoms with E-state index < -0.39 is 17.9 Å². The monoisotopic (exact) mass is 268 g/mol. The van der Waals surface area contributed by atoms with Crippen LogP contribution in [0.2, 0.25) is 5.15 Å². The summed E-state index contributed by atoms with van der Waals surface area (Å²) in [6, 6.07) is 1.12. The number of nitrogens with one attached hydrogen (secondary N) is 1. The van der Waals surface area contributed by atoms with E-state index >= 15 is 0 Å². The van der Waals surface area contributed by atoms with Crippen LogP contribution in [0.15, 0.2) is 6.07 Å². The molecular weight excluding hydrogens is 261 g/mol. The summed E-state index contributed by atoms with van der Waals surface area (Å²) in [7, 11) is 0. The smallest absolute Gasteiger partial charge is 0.370 e. The highest BCUT2D eigenvalue weighted by Gasteiger charge is 2.35. The summed E-state index contributed by atoms with van der Waals surface area (Å²) in [6.07, 6.45) is -4.70. The molecule has 0 unspecified atom stereocenters. The Morgan fingerprint density at radius 3 is 2.65 bits per heavy atom. The van der Waals surface area contributed by atoms with Gasteiger partial charge in [-0.15, -0.1) is 0 Å². The maximum absolute atomic E-state index is 12.3. The van der Waals surface area contributed by atoms with Crippen molar-refractivity contribution in [1.82, 2.24) is 9.97 Å². The Labute approximate surface area is 99.2 Å². The lowest BCUT2D eigenvalue weighted by molar-refractivity contribution is -0.144. The summed E-state index contributed by atoms with van der Waals surface area (Å²) < 4.78 is 36.9. The lowest BCUT2D eigenvalue weighted by Crippen LogP contribution is -2.17. The fraction of sp³-hybridized carbons (Fsp3) is 0.375. The quantitative estimate of drug-likeness (QED) is 0.810. The van der Waals surface area contributed by atoms with Gasteiger partial charge in [0.05, 0.1) is 0 Å². The minimum atomic E-state index is -4.68. The van der Waals surface area contributed by atoms with E-state index in [0.29, 0.717) is 0 Å². The number of carbonyl (C=O) groups is 1. The highest BCUT2D eigenvalue weighted by atomic mass is 35.5. The van der Waals surface area contributed by atoms with Gasteiger partial charge in [-0.25, -0.2) is 9.97 Å². The standard InChI is InChI=1S/C8H8ClF3N4O/c9-4-3-6(14-2-1-5(13)17)16-7(15-4)8(10,11)12/h3H,1-2H2,(H2,13,17)(H,14,15,16). The van der Waals surface area contributed by atoms with Crippen LogP contribution in [-0.4, -0.2) is 22.4 Å². The van der Waals surface area contributed by atoms with Crippen LogP contribution in [0.25, 0.3) is 0 Å². The zero-order valence-electron chi connectivity index (χ0n) is 8.38. The Bertz CT molecular complexity index is 424. The Morgan fingerprint density at radius 1 is 1.47 bits per heavy atom. The first-order valence-electron chi connectivity index (χ1n) is 4.43. The van der Waals surface area contributed by atoms with Crippen molar-refractivity contribution in [3.8, 4) is 0 Å². The first-order chi connectivity index (χ1) is 7.79.